The zero-order valence-corrected chi connectivity index (χ0v) is 12.2. The number of likely N-dealkylation sites (N-methyl/N-ethyl adjacent to an activating group) is 2. The highest BCUT2D eigenvalue weighted by Gasteiger charge is 2.35. The van der Waals surface area contributed by atoms with Crippen molar-refractivity contribution in [1.82, 2.24) is 19.6 Å². The van der Waals surface area contributed by atoms with E-state index in [4.69, 9.17) is 0 Å². The molecule has 1 saturated heterocycles. The predicted molar refractivity (Wildman–Crippen MR) is 71.1 cm³/mol. The summed E-state index contributed by atoms with van der Waals surface area (Å²) in [5, 5.41) is 3.91. The average molecular weight is 300 g/mol. The van der Waals surface area contributed by atoms with E-state index >= 15 is 0 Å². The number of hydrogen-bond acceptors (Lipinski definition) is 3. The van der Waals surface area contributed by atoms with E-state index in [0.717, 1.165) is 4.68 Å². The van der Waals surface area contributed by atoms with Gasteiger partial charge in [0, 0.05) is 26.8 Å². The Bertz CT molecular complexity index is 558. The lowest BCUT2D eigenvalue weighted by molar-refractivity contribution is -0.130. The molecule has 0 spiro atoms. The highest BCUT2D eigenvalue weighted by Crippen LogP contribution is 2.18. The summed E-state index contributed by atoms with van der Waals surface area (Å²) in [7, 11) is 3.24. The van der Waals surface area contributed by atoms with Crippen LogP contribution in [0.25, 0.3) is 0 Å². The Labute approximate surface area is 121 Å². The van der Waals surface area contributed by atoms with E-state index in [9.17, 15) is 18.4 Å². The molecule has 1 aromatic heterocycles. The first-order valence-electron chi connectivity index (χ1n) is 6.65. The molecule has 0 bridgehead atoms. The summed E-state index contributed by atoms with van der Waals surface area (Å²) in [4.78, 5) is 27.3. The average Bonchev–Trinajstić information content (AvgIpc) is 2.92. The van der Waals surface area contributed by atoms with Gasteiger partial charge < -0.3 is 9.80 Å². The van der Waals surface area contributed by atoms with Gasteiger partial charge in [-0.25, -0.2) is 8.78 Å². The number of carbonyl (C=O) groups excluding carboxylic acids is 2. The number of aromatic nitrogens is 2. The van der Waals surface area contributed by atoms with Gasteiger partial charge in [-0.1, -0.05) is 0 Å². The fourth-order valence-electron chi connectivity index (χ4n) is 2.46. The third-order valence-corrected chi connectivity index (χ3v) is 3.69. The van der Waals surface area contributed by atoms with Gasteiger partial charge in [0.15, 0.2) is 0 Å². The van der Waals surface area contributed by atoms with Gasteiger partial charge in [-0.2, -0.15) is 5.10 Å². The SMILES string of the molecule is Cc1nn(CC(F)F)cc1C(=O)N(C)[C@H]1CCN(C)C1=O. The number of amides is 2. The Morgan fingerprint density at radius 1 is 1.57 bits per heavy atom. The van der Waals surface area contributed by atoms with Crippen LogP contribution in [0, 0.1) is 6.92 Å². The van der Waals surface area contributed by atoms with Crippen LogP contribution in [0.5, 0.6) is 0 Å². The largest absolute Gasteiger partial charge is 0.344 e. The lowest BCUT2D eigenvalue weighted by Crippen LogP contribution is -2.42. The third kappa shape index (κ3) is 3.03. The van der Waals surface area contributed by atoms with E-state index < -0.39 is 19.0 Å². The van der Waals surface area contributed by atoms with Crippen LogP contribution in [0.3, 0.4) is 0 Å². The maximum atomic E-state index is 12.4. The fraction of sp³-hybridized carbons (Fsp3) is 0.615. The van der Waals surface area contributed by atoms with Gasteiger partial charge in [0.2, 0.25) is 5.91 Å². The van der Waals surface area contributed by atoms with Crippen molar-refractivity contribution in [2.75, 3.05) is 20.6 Å². The van der Waals surface area contributed by atoms with Crippen LogP contribution in [0.2, 0.25) is 0 Å². The molecule has 1 aliphatic rings. The number of hydrogen-bond donors (Lipinski definition) is 0. The standard InChI is InChI=1S/C13H18F2N4O2/c1-8-9(6-19(16-8)7-11(14)15)12(20)18(3)10-4-5-17(2)13(10)21/h6,10-11H,4-5,7H2,1-3H3/t10-/m0/s1. The third-order valence-electron chi connectivity index (χ3n) is 3.69. The first-order chi connectivity index (χ1) is 9.81. The van der Waals surface area contributed by atoms with E-state index in [-0.39, 0.29) is 17.4 Å². The van der Waals surface area contributed by atoms with Crippen molar-refractivity contribution in [3.8, 4) is 0 Å². The van der Waals surface area contributed by atoms with Crippen molar-refractivity contribution in [2.45, 2.75) is 32.4 Å². The van der Waals surface area contributed by atoms with E-state index in [1.54, 1.807) is 25.9 Å². The molecule has 0 radical (unpaired) electrons. The molecule has 1 fully saturated rings. The second-order valence-electron chi connectivity index (χ2n) is 5.22. The molecule has 1 atom stereocenters. The predicted octanol–water partition coefficient (Wildman–Crippen LogP) is 0.759. The van der Waals surface area contributed by atoms with Gasteiger partial charge in [0.1, 0.15) is 12.6 Å². The molecule has 21 heavy (non-hydrogen) atoms. The lowest BCUT2D eigenvalue weighted by atomic mass is 10.1. The maximum Gasteiger partial charge on any atom is 0.257 e. The summed E-state index contributed by atoms with van der Waals surface area (Å²) in [6.07, 6.45) is -0.652. The maximum absolute atomic E-state index is 12.4. The molecular formula is C13H18F2N4O2. The number of aryl methyl sites for hydroxylation is 1. The highest BCUT2D eigenvalue weighted by molar-refractivity contribution is 5.98. The summed E-state index contributed by atoms with van der Waals surface area (Å²) in [6.45, 7) is 1.64. The molecular weight excluding hydrogens is 282 g/mol. The second-order valence-corrected chi connectivity index (χ2v) is 5.22. The molecule has 0 saturated carbocycles. The van der Waals surface area contributed by atoms with E-state index in [1.807, 2.05) is 0 Å². The minimum atomic E-state index is -2.53. The van der Waals surface area contributed by atoms with Gasteiger partial charge in [0.25, 0.3) is 12.3 Å². The van der Waals surface area contributed by atoms with Crippen LogP contribution >= 0.6 is 0 Å². The summed E-state index contributed by atoms with van der Waals surface area (Å²) in [5.74, 6) is -0.481. The first kappa shape index (κ1) is 15.4. The van der Waals surface area contributed by atoms with E-state index in [0.29, 0.717) is 18.7 Å². The second kappa shape index (κ2) is 5.79. The van der Waals surface area contributed by atoms with Crippen molar-refractivity contribution < 1.29 is 18.4 Å². The lowest BCUT2D eigenvalue weighted by Gasteiger charge is -2.22. The van der Waals surface area contributed by atoms with Crippen molar-refractivity contribution in [1.29, 1.82) is 0 Å². The zero-order chi connectivity index (χ0) is 15.7. The summed E-state index contributed by atoms with van der Waals surface area (Å²) >= 11 is 0. The van der Waals surface area contributed by atoms with Crippen molar-refractivity contribution >= 4 is 11.8 Å². The monoisotopic (exact) mass is 300 g/mol. The van der Waals surface area contributed by atoms with Crippen LogP contribution in [0.15, 0.2) is 6.20 Å². The number of alkyl halides is 2. The number of carbonyl (C=O) groups is 2. The Hall–Kier alpha value is -1.99. The topological polar surface area (TPSA) is 58.4 Å². The molecule has 0 N–H and O–H groups in total. The van der Waals surface area contributed by atoms with Gasteiger partial charge in [-0.3, -0.25) is 14.3 Å². The quantitative estimate of drug-likeness (QED) is 0.825. The molecule has 6 nitrogen and oxygen atoms in total. The number of rotatable bonds is 4. The van der Waals surface area contributed by atoms with Crippen LogP contribution in [-0.2, 0) is 11.3 Å². The van der Waals surface area contributed by atoms with E-state index in [2.05, 4.69) is 5.10 Å². The van der Waals surface area contributed by atoms with Gasteiger partial charge >= 0.3 is 0 Å². The normalized spacial score (nSPS) is 18.7. The Morgan fingerprint density at radius 3 is 2.76 bits per heavy atom. The van der Waals surface area contributed by atoms with Crippen molar-refractivity contribution in [3.63, 3.8) is 0 Å². The molecule has 2 rings (SSSR count). The summed E-state index contributed by atoms with van der Waals surface area (Å²) in [6, 6.07) is -0.500. The molecule has 1 aromatic rings. The van der Waals surface area contributed by atoms with Gasteiger partial charge in [-0.05, 0) is 13.3 Å². The van der Waals surface area contributed by atoms with Crippen LogP contribution in [-0.4, -0.2) is 64.5 Å². The molecule has 116 valence electrons. The highest BCUT2D eigenvalue weighted by atomic mass is 19.3. The fourth-order valence-corrected chi connectivity index (χ4v) is 2.46. The van der Waals surface area contributed by atoms with Crippen molar-refractivity contribution in [2.24, 2.45) is 0 Å². The summed E-state index contributed by atoms with van der Waals surface area (Å²) in [5.41, 5.74) is 0.631. The molecule has 0 aliphatic carbocycles. The minimum absolute atomic E-state index is 0.108. The molecule has 1 aliphatic heterocycles. The van der Waals surface area contributed by atoms with Crippen LogP contribution < -0.4 is 0 Å². The number of likely N-dealkylation sites (tertiary alicyclic amines) is 1. The molecule has 0 aromatic carbocycles. The summed E-state index contributed by atoms with van der Waals surface area (Å²) < 4.78 is 25.8. The molecule has 2 heterocycles. The minimum Gasteiger partial charge on any atom is -0.344 e. The van der Waals surface area contributed by atoms with E-state index in [1.165, 1.54) is 11.1 Å². The molecule has 8 heteroatoms. The Kier molecular flexibility index (Phi) is 4.24. The Morgan fingerprint density at radius 2 is 2.24 bits per heavy atom. The Balaban J connectivity index is 2.16. The van der Waals surface area contributed by atoms with Gasteiger partial charge in [0.05, 0.1) is 11.3 Å². The van der Waals surface area contributed by atoms with Gasteiger partial charge in [-0.15, -0.1) is 0 Å². The number of nitrogens with zero attached hydrogens (tertiary/aromatic N) is 4. The zero-order valence-electron chi connectivity index (χ0n) is 12.2. The van der Waals surface area contributed by atoms with Crippen LogP contribution in [0.1, 0.15) is 22.5 Å². The van der Waals surface area contributed by atoms with Crippen LogP contribution in [0.4, 0.5) is 8.78 Å². The molecule has 0 unspecified atom stereocenters. The van der Waals surface area contributed by atoms with Crippen molar-refractivity contribution in [3.05, 3.63) is 17.5 Å². The molecule has 2 amide bonds. The number of halogens is 2. The first-order valence-corrected chi connectivity index (χ1v) is 6.65. The smallest absolute Gasteiger partial charge is 0.257 e.